The Morgan fingerprint density at radius 3 is 2.59 bits per heavy atom. The van der Waals surface area contributed by atoms with Gasteiger partial charge < -0.3 is 9.05 Å². The van der Waals surface area contributed by atoms with Gasteiger partial charge in [-0.25, -0.2) is 4.98 Å². The molecular weight excluding hydrogens is 299 g/mol. The highest BCUT2D eigenvalue weighted by Gasteiger charge is 2.29. The van der Waals surface area contributed by atoms with Crippen LogP contribution < -0.4 is 5.44 Å². The third-order valence-corrected chi connectivity index (χ3v) is 5.21. The molecule has 0 aliphatic carbocycles. The molecule has 0 bridgehead atoms. The summed E-state index contributed by atoms with van der Waals surface area (Å²) in [6.45, 7) is 8.32. The van der Waals surface area contributed by atoms with Crippen LogP contribution in [0.25, 0.3) is 0 Å². The molecule has 0 saturated carbocycles. The smallest absolute Gasteiger partial charge is 0.304 e. The second-order valence-electron chi connectivity index (χ2n) is 5.33. The number of pyridine rings is 1. The molecule has 2 heterocycles. The molecule has 0 saturated heterocycles. The summed E-state index contributed by atoms with van der Waals surface area (Å²) in [5.41, 5.74) is 3.44. The predicted octanol–water partition coefficient (Wildman–Crippen LogP) is 3.28. The number of hydrogen-bond donors (Lipinski definition) is 0. The number of nitrogens with zero attached hydrogens (tertiary/aromatic N) is 2. The molecule has 1 unspecified atom stereocenters. The van der Waals surface area contributed by atoms with E-state index in [0.717, 1.165) is 11.3 Å². The standard InChI is InChI=1S/C16H23N2O3P/c1-5-20-22(19,21-6-2)16-8-7-13-11-17-14(9-12(3)4)10-15(13)18-16/h7-9,11,14H,5-6,10H2,1-4H3. The van der Waals surface area contributed by atoms with Gasteiger partial charge in [-0.3, -0.25) is 9.56 Å². The Bertz CT molecular complexity index is 626. The lowest BCUT2D eigenvalue weighted by Crippen LogP contribution is -2.22. The average Bonchev–Trinajstić information content (AvgIpc) is 2.46. The maximum absolute atomic E-state index is 12.8. The molecule has 0 radical (unpaired) electrons. The third-order valence-electron chi connectivity index (χ3n) is 3.21. The molecule has 0 spiro atoms. The number of aliphatic imine (C=N–C) groups is 1. The molecule has 0 aromatic carbocycles. The highest BCUT2D eigenvalue weighted by Crippen LogP contribution is 2.46. The van der Waals surface area contributed by atoms with Crippen molar-refractivity contribution in [2.45, 2.75) is 40.2 Å². The summed E-state index contributed by atoms with van der Waals surface area (Å²) < 4.78 is 23.5. The van der Waals surface area contributed by atoms with E-state index in [2.05, 4.69) is 16.1 Å². The summed E-state index contributed by atoms with van der Waals surface area (Å²) >= 11 is 0. The highest BCUT2D eigenvalue weighted by atomic mass is 31.2. The minimum absolute atomic E-state index is 0.0822. The van der Waals surface area contributed by atoms with Gasteiger partial charge in [-0.2, -0.15) is 0 Å². The Morgan fingerprint density at radius 2 is 2.00 bits per heavy atom. The summed E-state index contributed by atoms with van der Waals surface area (Å²) in [6, 6.07) is 3.67. The largest absolute Gasteiger partial charge is 0.379 e. The van der Waals surface area contributed by atoms with Crippen LogP contribution in [-0.2, 0) is 20.0 Å². The van der Waals surface area contributed by atoms with Gasteiger partial charge in [0, 0.05) is 18.2 Å². The number of rotatable bonds is 6. The van der Waals surface area contributed by atoms with Crippen molar-refractivity contribution in [2.24, 2.45) is 4.99 Å². The fraction of sp³-hybridized carbons (Fsp3) is 0.500. The van der Waals surface area contributed by atoms with Crippen LogP contribution in [0.4, 0.5) is 0 Å². The molecule has 1 aromatic rings. The van der Waals surface area contributed by atoms with Gasteiger partial charge in [-0.15, -0.1) is 0 Å². The van der Waals surface area contributed by atoms with E-state index in [1.165, 1.54) is 5.57 Å². The fourth-order valence-corrected chi connectivity index (χ4v) is 3.88. The van der Waals surface area contributed by atoms with Gasteiger partial charge in [0.25, 0.3) is 0 Å². The van der Waals surface area contributed by atoms with Crippen LogP contribution in [-0.4, -0.2) is 30.5 Å². The maximum Gasteiger partial charge on any atom is 0.379 e. The molecule has 5 nitrogen and oxygen atoms in total. The van der Waals surface area contributed by atoms with Crippen LogP contribution in [0.5, 0.6) is 0 Å². The Labute approximate surface area is 132 Å². The van der Waals surface area contributed by atoms with E-state index in [4.69, 9.17) is 9.05 Å². The Balaban J connectivity index is 2.34. The second kappa shape index (κ2) is 7.32. The van der Waals surface area contributed by atoms with Gasteiger partial charge in [0.1, 0.15) is 0 Å². The fourth-order valence-electron chi connectivity index (χ4n) is 2.36. The van der Waals surface area contributed by atoms with Gasteiger partial charge in [0.2, 0.25) is 0 Å². The van der Waals surface area contributed by atoms with E-state index in [0.29, 0.717) is 25.1 Å². The van der Waals surface area contributed by atoms with Crippen LogP contribution in [0.1, 0.15) is 39.0 Å². The minimum Gasteiger partial charge on any atom is -0.304 e. The molecular formula is C16H23N2O3P. The van der Waals surface area contributed by atoms with E-state index in [9.17, 15) is 4.57 Å². The number of allylic oxidation sites excluding steroid dienone is 1. The van der Waals surface area contributed by atoms with Crippen LogP contribution >= 0.6 is 7.60 Å². The van der Waals surface area contributed by atoms with Crippen LogP contribution in [0, 0.1) is 0 Å². The summed E-state index contributed by atoms with van der Waals surface area (Å²) in [6.07, 6.45) is 4.63. The molecule has 6 heteroatoms. The molecule has 0 N–H and O–H groups in total. The Morgan fingerprint density at radius 1 is 1.32 bits per heavy atom. The van der Waals surface area contributed by atoms with Crippen LogP contribution in [0.2, 0.25) is 0 Å². The normalized spacial score (nSPS) is 17.2. The first-order chi connectivity index (χ1) is 10.5. The number of fused-ring (bicyclic) bond motifs is 1. The lowest BCUT2D eigenvalue weighted by molar-refractivity contribution is 0.229. The van der Waals surface area contributed by atoms with E-state index in [1.807, 2.05) is 26.1 Å². The van der Waals surface area contributed by atoms with Gasteiger partial charge in [-0.05, 0) is 39.8 Å². The van der Waals surface area contributed by atoms with Crippen LogP contribution in [0.3, 0.4) is 0 Å². The summed E-state index contributed by atoms with van der Waals surface area (Å²) in [4.78, 5) is 9.05. The van der Waals surface area contributed by atoms with E-state index >= 15 is 0 Å². The van der Waals surface area contributed by atoms with Gasteiger partial charge in [0.05, 0.1) is 24.9 Å². The minimum atomic E-state index is -3.34. The van der Waals surface area contributed by atoms with Crippen molar-refractivity contribution in [3.05, 3.63) is 35.0 Å². The first-order valence-corrected chi connectivity index (χ1v) is 9.10. The molecule has 0 amide bonds. The van der Waals surface area contributed by atoms with Gasteiger partial charge in [0.15, 0.2) is 5.44 Å². The number of aromatic nitrogens is 1. The van der Waals surface area contributed by atoms with Crippen molar-refractivity contribution >= 4 is 19.2 Å². The first kappa shape index (κ1) is 17.1. The first-order valence-electron chi connectivity index (χ1n) is 7.56. The molecule has 1 aromatic heterocycles. The molecule has 1 aliphatic heterocycles. The molecule has 2 rings (SSSR count). The van der Waals surface area contributed by atoms with Crippen molar-refractivity contribution in [3.8, 4) is 0 Å². The topological polar surface area (TPSA) is 60.8 Å². The van der Waals surface area contributed by atoms with E-state index in [1.54, 1.807) is 19.9 Å². The van der Waals surface area contributed by atoms with E-state index < -0.39 is 7.60 Å². The van der Waals surface area contributed by atoms with Gasteiger partial charge in [-0.1, -0.05) is 11.6 Å². The van der Waals surface area contributed by atoms with Crippen molar-refractivity contribution < 1.29 is 13.6 Å². The lowest BCUT2D eigenvalue weighted by atomic mass is 10.0. The molecule has 1 atom stereocenters. The van der Waals surface area contributed by atoms with Crippen molar-refractivity contribution in [1.82, 2.24) is 4.98 Å². The molecule has 22 heavy (non-hydrogen) atoms. The monoisotopic (exact) mass is 322 g/mol. The zero-order valence-electron chi connectivity index (χ0n) is 13.6. The van der Waals surface area contributed by atoms with Crippen molar-refractivity contribution in [3.63, 3.8) is 0 Å². The van der Waals surface area contributed by atoms with Gasteiger partial charge >= 0.3 is 7.60 Å². The summed E-state index contributed by atoms with van der Waals surface area (Å²) in [7, 11) is -3.34. The quantitative estimate of drug-likeness (QED) is 0.595. The predicted molar refractivity (Wildman–Crippen MR) is 89.2 cm³/mol. The number of hydrogen-bond acceptors (Lipinski definition) is 5. The SMILES string of the molecule is CCOP(=O)(OCC)c1ccc2c(n1)CC(C=C(C)C)N=C2. The second-order valence-corrected chi connectivity index (χ2v) is 7.30. The van der Waals surface area contributed by atoms with Crippen LogP contribution in [0.15, 0.2) is 28.8 Å². The molecule has 0 fully saturated rings. The highest BCUT2D eigenvalue weighted by molar-refractivity contribution is 7.61. The molecule has 120 valence electrons. The zero-order chi connectivity index (χ0) is 16.2. The third kappa shape index (κ3) is 3.92. The van der Waals surface area contributed by atoms with E-state index in [-0.39, 0.29) is 6.04 Å². The lowest BCUT2D eigenvalue weighted by Gasteiger charge is -2.20. The summed E-state index contributed by atoms with van der Waals surface area (Å²) in [5.74, 6) is 0. The average molecular weight is 322 g/mol. The zero-order valence-corrected chi connectivity index (χ0v) is 14.5. The molecule has 1 aliphatic rings. The van der Waals surface area contributed by atoms with Crippen molar-refractivity contribution in [1.29, 1.82) is 0 Å². The summed E-state index contributed by atoms with van der Waals surface area (Å²) in [5, 5.41) is 0. The Kier molecular flexibility index (Phi) is 5.68. The van der Waals surface area contributed by atoms with Crippen molar-refractivity contribution in [2.75, 3.05) is 13.2 Å². The Hall–Kier alpha value is -1.29. The maximum atomic E-state index is 12.8.